The van der Waals surface area contributed by atoms with Crippen LogP contribution in [0.25, 0.3) is 0 Å². The number of hydrogen-bond acceptors (Lipinski definition) is 7. The zero-order valence-electron chi connectivity index (χ0n) is 26.2. The van der Waals surface area contributed by atoms with E-state index in [1.807, 2.05) is 11.9 Å². The van der Waals surface area contributed by atoms with Gasteiger partial charge in [0.15, 0.2) is 0 Å². The third-order valence-electron chi connectivity index (χ3n) is 8.26. The van der Waals surface area contributed by atoms with Crippen LogP contribution in [0.3, 0.4) is 0 Å². The summed E-state index contributed by atoms with van der Waals surface area (Å²) < 4.78 is 130. The summed E-state index contributed by atoms with van der Waals surface area (Å²) in [4.78, 5) is 18.8. The average Bonchev–Trinajstić information content (AvgIpc) is 3.62. The zero-order chi connectivity index (χ0) is 35.3. The van der Waals surface area contributed by atoms with Gasteiger partial charge < -0.3 is 14.5 Å². The molecule has 5 rings (SSSR count). The van der Waals surface area contributed by atoms with E-state index in [0.717, 1.165) is 18.2 Å². The van der Waals surface area contributed by atoms with Crippen LogP contribution in [0, 0.1) is 0 Å². The number of carbonyl (C=O) groups excluding carboxylic acids is 1. The fourth-order valence-corrected chi connectivity index (χ4v) is 6.06. The highest BCUT2D eigenvalue weighted by Gasteiger charge is 2.42. The largest absolute Gasteiger partial charge is 0.446 e. The molecular weight excluding hydrogens is 661 g/mol. The first kappa shape index (κ1) is 35.2. The lowest BCUT2D eigenvalue weighted by Crippen LogP contribution is -2.47. The lowest BCUT2D eigenvalue weighted by atomic mass is 9.89. The molecule has 0 N–H and O–H groups in total. The van der Waals surface area contributed by atoms with Gasteiger partial charge in [-0.15, -0.1) is 5.10 Å². The summed E-state index contributed by atoms with van der Waals surface area (Å²) in [6.45, 7) is 5.33. The van der Waals surface area contributed by atoms with Crippen molar-refractivity contribution in [3.8, 4) is 0 Å². The van der Waals surface area contributed by atoms with Crippen LogP contribution in [0.4, 0.5) is 55.9 Å². The van der Waals surface area contributed by atoms with Crippen LogP contribution in [0.5, 0.6) is 0 Å². The summed E-state index contributed by atoms with van der Waals surface area (Å²) in [5.41, 5.74) is -4.70. The highest BCUT2D eigenvalue weighted by Crippen LogP contribution is 2.45. The molecule has 0 unspecified atom stereocenters. The summed E-state index contributed by atoms with van der Waals surface area (Å²) in [6.07, 6.45) is -16.0. The summed E-state index contributed by atoms with van der Waals surface area (Å²) in [7, 11) is 1.87. The first-order valence-corrected chi connectivity index (χ1v) is 15.0. The Morgan fingerprint density at radius 2 is 1.58 bits per heavy atom. The second-order valence-corrected chi connectivity index (χ2v) is 12.3. The number of likely N-dealkylation sites (N-methyl/N-ethyl adjacent to an activating group) is 1. The van der Waals surface area contributed by atoms with E-state index in [1.54, 1.807) is 20.8 Å². The van der Waals surface area contributed by atoms with Crippen molar-refractivity contribution in [2.24, 2.45) is 0 Å². The predicted octanol–water partition coefficient (Wildman–Crippen LogP) is 7.50. The van der Waals surface area contributed by atoms with Crippen molar-refractivity contribution in [2.75, 3.05) is 29.9 Å². The molecule has 1 saturated heterocycles. The number of ether oxygens (including phenoxy) is 1. The smallest absolute Gasteiger partial charge is 0.416 e. The first-order valence-electron chi connectivity index (χ1n) is 15.0. The molecule has 48 heavy (non-hydrogen) atoms. The van der Waals surface area contributed by atoms with Gasteiger partial charge in [-0.05, 0) is 93.4 Å². The number of carbonyl (C=O) groups is 1. The van der Waals surface area contributed by atoms with Gasteiger partial charge in [0, 0.05) is 25.7 Å². The van der Waals surface area contributed by atoms with Gasteiger partial charge in [0.1, 0.15) is 0 Å². The van der Waals surface area contributed by atoms with Crippen molar-refractivity contribution in [3.05, 3.63) is 64.2 Å². The number of halogens is 9. The number of alkyl halides is 9. The number of tetrazole rings is 1. The lowest BCUT2D eigenvalue weighted by Gasteiger charge is -2.43. The molecule has 262 valence electrons. The second-order valence-electron chi connectivity index (χ2n) is 12.3. The van der Waals surface area contributed by atoms with Gasteiger partial charge in [0.2, 0.25) is 0 Å². The highest BCUT2D eigenvalue weighted by molar-refractivity contribution is 5.90. The molecule has 3 heterocycles. The van der Waals surface area contributed by atoms with E-state index in [2.05, 4.69) is 15.4 Å². The molecule has 1 fully saturated rings. The van der Waals surface area contributed by atoms with E-state index in [-0.39, 0.29) is 35.7 Å². The number of aromatic nitrogens is 4. The number of benzene rings is 2. The number of rotatable bonds is 6. The van der Waals surface area contributed by atoms with Crippen molar-refractivity contribution in [1.82, 2.24) is 25.1 Å². The highest BCUT2D eigenvalue weighted by atomic mass is 19.4. The Balaban J connectivity index is 1.68. The Hall–Kier alpha value is -4.09. The van der Waals surface area contributed by atoms with Crippen molar-refractivity contribution in [1.29, 1.82) is 0 Å². The lowest BCUT2D eigenvalue weighted by molar-refractivity contribution is -0.143. The van der Waals surface area contributed by atoms with Crippen LogP contribution in [0.2, 0.25) is 0 Å². The zero-order valence-corrected chi connectivity index (χ0v) is 26.2. The van der Waals surface area contributed by atoms with Crippen molar-refractivity contribution in [3.63, 3.8) is 0 Å². The number of hydrogen-bond donors (Lipinski definition) is 0. The number of fused-ring (bicyclic) bond motifs is 1. The molecule has 0 bridgehead atoms. The minimum Gasteiger partial charge on any atom is -0.446 e. The molecule has 0 saturated carbocycles. The van der Waals surface area contributed by atoms with Crippen LogP contribution in [0.15, 0.2) is 36.4 Å². The third-order valence-corrected chi connectivity index (χ3v) is 8.26. The Labute approximate surface area is 269 Å². The fourth-order valence-electron chi connectivity index (χ4n) is 6.06. The van der Waals surface area contributed by atoms with Crippen LogP contribution in [-0.4, -0.2) is 63.5 Å². The molecule has 9 nitrogen and oxygen atoms in total. The van der Waals surface area contributed by atoms with Gasteiger partial charge in [-0.25, -0.2) is 4.79 Å². The van der Waals surface area contributed by atoms with Gasteiger partial charge >= 0.3 is 24.6 Å². The van der Waals surface area contributed by atoms with E-state index < -0.39 is 71.6 Å². The molecule has 1 aromatic heterocycles. The first-order chi connectivity index (χ1) is 22.2. The van der Waals surface area contributed by atoms with Crippen molar-refractivity contribution < 1.29 is 49.0 Å². The van der Waals surface area contributed by atoms with E-state index in [9.17, 15) is 44.3 Å². The van der Waals surface area contributed by atoms with E-state index in [0.29, 0.717) is 31.6 Å². The van der Waals surface area contributed by atoms with E-state index >= 15 is 0 Å². The minimum absolute atomic E-state index is 0.00916. The molecular formula is C30H32F9N7O2. The molecule has 3 atom stereocenters. The summed E-state index contributed by atoms with van der Waals surface area (Å²) in [6, 6.07) is 1.59. The van der Waals surface area contributed by atoms with Gasteiger partial charge in [0.25, 0.3) is 5.95 Å². The Bertz CT molecular complexity index is 1610. The summed E-state index contributed by atoms with van der Waals surface area (Å²) >= 11 is 0. The molecule has 0 spiro atoms. The number of likely N-dealkylation sites (tertiary alicyclic amines) is 1. The Morgan fingerprint density at radius 1 is 0.958 bits per heavy atom. The molecule has 0 aliphatic carbocycles. The van der Waals surface area contributed by atoms with E-state index in [1.165, 1.54) is 14.6 Å². The number of anilines is 2. The maximum atomic E-state index is 14.0. The van der Waals surface area contributed by atoms with Crippen molar-refractivity contribution >= 4 is 17.7 Å². The Kier molecular flexibility index (Phi) is 9.35. The molecule has 18 heteroatoms. The molecule has 3 aromatic rings. The quantitative estimate of drug-likeness (QED) is 0.248. The number of nitrogens with zero attached hydrogens (tertiary/aromatic N) is 7. The minimum atomic E-state index is -5.14. The molecule has 2 aliphatic rings. The molecule has 0 radical (unpaired) electrons. The third kappa shape index (κ3) is 7.47. The van der Waals surface area contributed by atoms with Gasteiger partial charge in [-0.3, -0.25) is 4.90 Å². The normalized spacial score (nSPS) is 20.7. The van der Waals surface area contributed by atoms with Gasteiger partial charge in [0.05, 0.1) is 40.6 Å². The van der Waals surface area contributed by atoms with Crippen LogP contribution in [0.1, 0.15) is 73.5 Å². The average molecular weight is 694 g/mol. The standard InChI is InChI=1S/C30H32F9N7O2/c1-16(2)48-27(47)45-17(3)9-25(23-13-19(28(31,32)33)5-6-24(23)45)44(26-40-42-46(41-26)22-7-8-43(4)15-22)14-18-10-20(29(34,35)36)12-21(11-18)30(37,38)39/h5-6,10-13,16-17,22,25H,7-9,14-15H2,1-4H3/t17-,22+,25+/m0/s1. The molecule has 1 amide bonds. The predicted molar refractivity (Wildman–Crippen MR) is 154 cm³/mol. The van der Waals surface area contributed by atoms with E-state index in [4.69, 9.17) is 4.74 Å². The summed E-state index contributed by atoms with van der Waals surface area (Å²) in [5, 5.41) is 12.6. The van der Waals surface area contributed by atoms with Crippen LogP contribution < -0.4 is 9.80 Å². The fraction of sp³-hybridized carbons (Fsp3) is 0.533. The SMILES string of the molecule is CC(C)OC(=O)N1c2ccc(C(F)(F)F)cc2[C@H](N(Cc2cc(C(F)(F)F)cc(C(F)(F)F)c2)c2nnn([C@@H]3CCN(C)C3)n2)C[C@@H]1C. The monoisotopic (exact) mass is 693 g/mol. The van der Waals surface area contributed by atoms with Crippen LogP contribution in [-0.2, 0) is 29.8 Å². The second kappa shape index (κ2) is 12.7. The number of amides is 1. The van der Waals surface area contributed by atoms with Crippen molar-refractivity contribution in [2.45, 2.75) is 82.9 Å². The molecule has 2 aromatic carbocycles. The topological polar surface area (TPSA) is 79.6 Å². The maximum absolute atomic E-state index is 14.0. The van der Waals surface area contributed by atoms with Gasteiger partial charge in [-0.2, -0.15) is 44.3 Å². The maximum Gasteiger partial charge on any atom is 0.416 e. The Morgan fingerprint density at radius 3 is 2.12 bits per heavy atom. The van der Waals surface area contributed by atoms with Crippen LogP contribution >= 0.6 is 0 Å². The summed E-state index contributed by atoms with van der Waals surface area (Å²) in [5.74, 6) is -0.228. The molecule has 2 aliphatic heterocycles. The van der Waals surface area contributed by atoms with Gasteiger partial charge in [-0.1, -0.05) is 5.10 Å².